The Labute approximate surface area is 117 Å². The summed E-state index contributed by atoms with van der Waals surface area (Å²) in [6, 6.07) is 10.3. The van der Waals surface area contributed by atoms with Crippen molar-refractivity contribution in [2.24, 2.45) is 0 Å². The molecular weight excluding hydrogens is 259 g/mol. The Morgan fingerprint density at radius 2 is 1.85 bits per heavy atom. The molecule has 0 aliphatic heterocycles. The lowest BCUT2D eigenvalue weighted by Crippen LogP contribution is -2.08. The van der Waals surface area contributed by atoms with Crippen molar-refractivity contribution in [1.82, 2.24) is 4.98 Å². The molecule has 1 N–H and O–H groups in total. The van der Waals surface area contributed by atoms with Gasteiger partial charge in [0.25, 0.3) is 0 Å². The first kappa shape index (κ1) is 14.1. The lowest BCUT2D eigenvalue weighted by molar-refractivity contribution is 0.354. The normalized spacial score (nSPS) is 11.8. The Morgan fingerprint density at radius 3 is 2.50 bits per heavy atom. The highest BCUT2D eigenvalue weighted by molar-refractivity contribution is 5.46. The second kappa shape index (κ2) is 6.23. The number of halogens is 1. The first-order chi connectivity index (χ1) is 9.63. The number of pyridine rings is 1. The van der Waals surface area contributed by atoms with Crippen LogP contribution in [0.2, 0.25) is 0 Å². The lowest BCUT2D eigenvalue weighted by atomic mass is 10.1. The quantitative estimate of drug-likeness (QED) is 0.850. The standard InChI is InChI=1S/C15H17FN2O2/c1-10(17-15-6-4-5-14(16)18-15)11-7-8-12(19-2)13(9-11)20-3/h4-10H,1-3H3,(H,17,18). The minimum atomic E-state index is -0.505. The first-order valence-electron chi connectivity index (χ1n) is 6.25. The average Bonchev–Trinajstić information content (AvgIpc) is 2.46. The molecule has 4 nitrogen and oxygen atoms in total. The summed E-state index contributed by atoms with van der Waals surface area (Å²) >= 11 is 0. The van der Waals surface area contributed by atoms with E-state index in [2.05, 4.69) is 10.3 Å². The molecule has 0 aliphatic rings. The number of nitrogens with zero attached hydrogens (tertiary/aromatic N) is 1. The van der Waals surface area contributed by atoms with Crippen LogP contribution in [0.1, 0.15) is 18.5 Å². The molecule has 2 rings (SSSR count). The van der Waals surface area contributed by atoms with Crippen LogP contribution in [0.4, 0.5) is 10.2 Å². The van der Waals surface area contributed by atoms with Crippen LogP contribution in [0.5, 0.6) is 11.5 Å². The van der Waals surface area contributed by atoms with Gasteiger partial charge in [0.15, 0.2) is 11.5 Å². The third-order valence-electron chi connectivity index (χ3n) is 2.99. The van der Waals surface area contributed by atoms with Crippen LogP contribution in [0.3, 0.4) is 0 Å². The number of benzene rings is 1. The number of aromatic nitrogens is 1. The van der Waals surface area contributed by atoms with E-state index in [1.54, 1.807) is 26.4 Å². The van der Waals surface area contributed by atoms with E-state index in [0.29, 0.717) is 17.3 Å². The van der Waals surface area contributed by atoms with E-state index in [4.69, 9.17) is 9.47 Å². The SMILES string of the molecule is COc1ccc(C(C)Nc2cccc(F)n2)cc1OC. The van der Waals surface area contributed by atoms with Gasteiger partial charge in [-0.05, 0) is 36.8 Å². The largest absolute Gasteiger partial charge is 0.493 e. The molecule has 2 aromatic rings. The van der Waals surface area contributed by atoms with Gasteiger partial charge in [-0.25, -0.2) is 4.98 Å². The lowest BCUT2D eigenvalue weighted by Gasteiger charge is -2.17. The van der Waals surface area contributed by atoms with E-state index in [9.17, 15) is 4.39 Å². The fourth-order valence-corrected chi connectivity index (χ4v) is 1.92. The summed E-state index contributed by atoms with van der Waals surface area (Å²) in [5, 5.41) is 3.14. The molecule has 20 heavy (non-hydrogen) atoms. The minimum Gasteiger partial charge on any atom is -0.493 e. The van der Waals surface area contributed by atoms with Crippen LogP contribution in [-0.4, -0.2) is 19.2 Å². The summed E-state index contributed by atoms with van der Waals surface area (Å²) in [6.45, 7) is 1.97. The van der Waals surface area contributed by atoms with Gasteiger partial charge >= 0.3 is 0 Å². The van der Waals surface area contributed by atoms with Gasteiger partial charge in [-0.15, -0.1) is 0 Å². The Hall–Kier alpha value is -2.30. The third-order valence-corrected chi connectivity index (χ3v) is 2.99. The van der Waals surface area contributed by atoms with E-state index >= 15 is 0 Å². The number of methoxy groups -OCH3 is 2. The fraction of sp³-hybridized carbons (Fsp3) is 0.267. The van der Waals surface area contributed by atoms with Gasteiger partial charge < -0.3 is 14.8 Å². The smallest absolute Gasteiger partial charge is 0.214 e. The van der Waals surface area contributed by atoms with Gasteiger partial charge in [-0.2, -0.15) is 4.39 Å². The van der Waals surface area contributed by atoms with E-state index in [1.165, 1.54) is 6.07 Å². The van der Waals surface area contributed by atoms with E-state index in [0.717, 1.165) is 5.56 Å². The molecule has 0 spiro atoms. The monoisotopic (exact) mass is 276 g/mol. The molecule has 0 bridgehead atoms. The van der Waals surface area contributed by atoms with Gasteiger partial charge in [0, 0.05) is 0 Å². The molecule has 106 valence electrons. The van der Waals surface area contributed by atoms with Crippen molar-refractivity contribution in [3.05, 3.63) is 47.9 Å². The summed E-state index contributed by atoms with van der Waals surface area (Å²) in [6.07, 6.45) is 0. The topological polar surface area (TPSA) is 43.4 Å². The second-order valence-corrected chi connectivity index (χ2v) is 4.33. The van der Waals surface area contributed by atoms with Crippen LogP contribution in [0.25, 0.3) is 0 Å². The second-order valence-electron chi connectivity index (χ2n) is 4.33. The highest BCUT2D eigenvalue weighted by Crippen LogP contribution is 2.30. The van der Waals surface area contributed by atoms with Crippen molar-refractivity contribution in [1.29, 1.82) is 0 Å². The molecule has 0 fully saturated rings. The Bertz CT molecular complexity index is 590. The molecule has 0 saturated heterocycles. The number of hydrogen-bond acceptors (Lipinski definition) is 4. The highest BCUT2D eigenvalue weighted by Gasteiger charge is 2.10. The summed E-state index contributed by atoms with van der Waals surface area (Å²) in [4.78, 5) is 3.78. The Balaban J connectivity index is 2.18. The number of hydrogen-bond donors (Lipinski definition) is 1. The summed E-state index contributed by atoms with van der Waals surface area (Å²) in [5.41, 5.74) is 0.994. The minimum absolute atomic E-state index is 0.0379. The van der Waals surface area contributed by atoms with Crippen LogP contribution in [-0.2, 0) is 0 Å². The number of ether oxygens (including phenoxy) is 2. The Kier molecular flexibility index (Phi) is 4.40. The zero-order chi connectivity index (χ0) is 14.5. The van der Waals surface area contributed by atoms with Crippen molar-refractivity contribution >= 4 is 5.82 Å². The Morgan fingerprint density at radius 1 is 1.10 bits per heavy atom. The molecule has 5 heteroatoms. The van der Waals surface area contributed by atoms with Crippen LogP contribution in [0, 0.1) is 5.95 Å². The van der Waals surface area contributed by atoms with Gasteiger partial charge in [0.2, 0.25) is 5.95 Å². The molecule has 1 unspecified atom stereocenters. The number of anilines is 1. The van der Waals surface area contributed by atoms with Gasteiger partial charge in [-0.1, -0.05) is 12.1 Å². The highest BCUT2D eigenvalue weighted by atomic mass is 19.1. The van der Waals surface area contributed by atoms with E-state index in [-0.39, 0.29) is 6.04 Å². The van der Waals surface area contributed by atoms with Crippen LogP contribution in [0.15, 0.2) is 36.4 Å². The van der Waals surface area contributed by atoms with Gasteiger partial charge in [0.1, 0.15) is 5.82 Å². The first-order valence-corrected chi connectivity index (χ1v) is 6.25. The summed E-state index contributed by atoms with van der Waals surface area (Å²) < 4.78 is 23.5. The molecule has 1 aromatic heterocycles. The van der Waals surface area contributed by atoms with Gasteiger partial charge in [-0.3, -0.25) is 0 Å². The zero-order valence-corrected chi connectivity index (χ0v) is 11.7. The van der Waals surface area contributed by atoms with Crippen molar-refractivity contribution in [3.8, 4) is 11.5 Å². The molecular formula is C15H17FN2O2. The molecule has 0 amide bonds. The fourth-order valence-electron chi connectivity index (χ4n) is 1.92. The molecule has 1 aromatic carbocycles. The maximum Gasteiger partial charge on any atom is 0.214 e. The van der Waals surface area contributed by atoms with E-state index < -0.39 is 5.95 Å². The maximum atomic E-state index is 13.0. The molecule has 1 atom stereocenters. The van der Waals surface area contributed by atoms with Crippen LogP contribution >= 0.6 is 0 Å². The summed E-state index contributed by atoms with van der Waals surface area (Å²) in [7, 11) is 3.18. The zero-order valence-electron chi connectivity index (χ0n) is 11.7. The molecule has 1 heterocycles. The van der Waals surface area contributed by atoms with E-state index in [1.807, 2.05) is 25.1 Å². The maximum absolute atomic E-state index is 13.0. The molecule has 0 radical (unpaired) electrons. The van der Waals surface area contributed by atoms with Crippen molar-refractivity contribution in [2.75, 3.05) is 19.5 Å². The predicted octanol–water partition coefficient (Wildman–Crippen LogP) is 3.41. The molecule has 0 saturated carbocycles. The number of nitrogens with one attached hydrogen (secondary N) is 1. The average molecular weight is 276 g/mol. The van der Waals surface area contributed by atoms with Crippen molar-refractivity contribution < 1.29 is 13.9 Å². The number of rotatable bonds is 5. The predicted molar refractivity (Wildman–Crippen MR) is 75.8 cm³/mol. The molecule has 0 aliphatic carbocycles. The van der Waals surface area contributed by atoms with Crippen LogP contribution < -0.4 is 14.8 Å². The third kappa shape index (κ3) is 3.17. The van der Waals surface area contributed by atoms with Crippen molar-refractivity contribution in [3.63, 3.8) is 0 Å². The van der Waals surface area contributed by atoms with Gasteiger partial charge in [0.05, 0.1) is 20.3 Å². The summed E-state index contributed by atoms with van der Waals surface area (Å²) in [5.74, 6) is 1.32. The van der Waals surface area contributed by atoms with Crippen molar-refractivity contribution in [2.45, 2.75) is 13.0 Å².